The zero-order valence-corrected chi connectivity index (χ0v) is 15.6. The van der Waals surface area contributed by atoms with Crippen molar-refractivity contribution in [3.63, 3.8) is 0 Å². The molecule has 0 aliphatic carbocycles. The van der Waals surface area contributed by atoms with Gasteiger partial charge in [0.2, 0.25) is 0 Å². The van der Waals surface area contributed by atoms with Crippen LogP contribution < -0.4 is 21.9 Å². The van der Waals surface area contributed by atoms with Crippen molar-refractivity contribution < 1.29 is 4.79 Å². The van der Waals surface area contributed by atoms with Crippen LogP contribution in [-0.4, -0.2) is 22.0 Å². The van der Waals surface area contributed by atoms with Crippen molar-refractivity contribution in [1.29, 1.82) is 0 Å². The maximum Gasteiger partial charge on any atom is 0.330 e. The molecule has 1 aromatic heterocycles. The van der Waals surface area contributed by atoms with Crippen LogP contribution in [0.1, 0.15) is 29.3 Å². The zero-order valence-electron chi connectivity index (χ0n) is 15.6. The van der Waals surface area contributed by atoms with Gasteiger partial charge in [-0.15, -0.1) is 0 Å². The average Bonchev–Trinajstić information content (AvgIpc) is 2.71. The standard InChI is InChI=1S/C21H22N4O3/c1-2-13-24(20(27)16-11-7-4-8-12-16)17-18(22)25(21(28)23-19(17)26)14-15-9-5-3-6-10-15/h3-12H,2,13-14,22H2,1H3,(H,23,26,28). The van der Waals surface area contributed by atoms with E-state index in [1.807, 2.05) is 43.3 Å². The lowest BCUT2D eigenvalue weighted by atomic mass is 10.2. The number of nitrogen functional groups attached to an aromatic ring is 1. The number of nitrogens with two attached hydrogens (primary N) is 1. The second-order valence-electron chi connectivity index (χ2n) is 6.39. The maximum absolute atomic E-state index is 13.0. The minimum Gasteiger partial charge on any atom is -0.383 e. The predicted octanol–water partition coefficient (Wildman–Crippen LogP) is 2.22. The zero-order chi connectivity index (χ0) is 20.1. The highest BCUT2D eigenvalue weighted by Crippen LogP contribution is 2.20. The van der Waals surface area contributed by atoms with Crippen molar-refractivity contribution >= 4 is 17.4 Å². The Kier molecular flexibility index (Phi) is 5.74. The molecule has 1 amide bonds. The number of hydrogen-bond acceptors (Lipinski definition) is 4. The lowest BCUT2D eigenvalue weighted by molar-refractivity contribution is 0.0986. The first-order valence-corrected chi connectivity index (χ1v) is 9.06. The Morgan fingerprint density at radius 2 is 1.64 bits per heavy atom. The van der Waals surface area contributed by atoms with Crippen molar-refractivity contribution in [1.82, 2.24) is 9.55 Å². The number of nitrogens with one attached hydrogen (secondary N) is 1. The quantitative estimate of drug-likeness (QED) is 0.687. The molecule has 0 unspecified atom stereocenters. The molecule has 1 heterocycles. The van der Waals surface area contributed by atoms with Crippen LogP contribution in [0.5, 0.6) is 0 Å². The number of rotatable bonds is 6. The van der Waals surface area contributed by atoms with Gasteiger partial charge in [0, 0.05) is 12.1 Å². The topological polar surface area (TPSA) is 101 Å². The number of H-pyrrole nitrogens is 1. The van der Waals surface area contributed by atoms with Crippen molar-refractivity contribution in [2.75, 3.05) is 17.2 Å². The Bertz CT molecular complexity index is 1070. The van der Waals surface area contributed by atoms with Crippen LogP contribution in [0.4, 0.5) is 11.5 Å². The third kappa shape index (κ3) is 3.88. The Balaban J connectivity index is 2.10. The number of hydrogen-bond donors (Lipinski definition) is 2. The van der Waals surface area contributed by atoms with E-state index in [0.717, 1.165) is 5.56 Å². The summed E-state index contributed by atoms with van der Waals surface area (Å²) in [5.41, 5.74) is 6.23. The predicted molar refractivity (Wildman–Crippen MR) is 110 cm³/mol. The van der Waals surface area contributed by atoms with Crippen molar-refractivity contribution in [3.05, 3.63) is 92.6 Å². The number of anilines is 2. The van der Waals surface area contributed by atoms with Crippen molar-refractivity contribution in [3.8, 4) is 0 Å². The Hall–Kier alpha value is -3.61. The molecule has 7 nitrogen and oxygen atoms in total. The van der Waals surface area contributed by atoms with Gasteiger partial charge in [0.25, 0.3) is 11.5 Å². The van der Waals surface area contributed by atoms with Crippen LogP contribution in [0.2, 0.25) is 0 Å². The van der Waals surface area contributed by atoms with Crippen LogP contribution in [0.3, 0.4) is 0 Å². The summed E-state index contributed by atoms with van der Waals surface area (Å²) in [6.07, 6.45) is 0.620. The molecule has 0 spiro atoms. The summed E-state index contributed by atoms with van der Waals surface area (Å²) in [6.45, 7) is 2.38. The molecular formula is C21H22N4O3. The van der Waals surface area contributed by atoms with Gasteiger partial charge in [-0.1, -0.05) is 55.5 Å². The van der Waals surface area contributed by atoms with E-state index in [0.29, 0.717) is 18.5 Å². The number of nitrogens with zero attached hydrogens (tertiary/aromatic N) is 2. The largest absolute Gasteiger partial charge is 0.383 e. The monoisotopic (exact) mass is 378 g/mol. The van der Waals surface area contributed by atoms with Gasteiger partial charge in [-0.05, 0) is 24.1 Å². The molecule has 0 bridgehead atoms. The van der Waals surface area contributed by atoms with Gasteiger partial charge in [-0.2, -0.15) is 0 Å². The van der Waals surface area contributed by atoms with E-state index in [-0.39, 0.29) is 24.0 Å². The second kappa shape index (κ2) is 8.39. The molecule has 0 aliphatic rings. The molecule has 7 heteroatoms. The summed E-state index contributed by atoms with van der Waals surface area (Å²) in [5, 5.41) is 0. The SMILES string of the molecule is CCCN(C(=O)c1ccccc1)c1c(N)n(Cc2ccccc2)c(=O)[nH]c1=O. The highest BCUT2D eigenvalue weighted by molar-refractivity contribution is 6.07. The smallest absolute Gasteiger partial charge is 0.330 e. The first-order valence-electron chi connectivity index (χ1n) is 9.06. The van der Waals surface area contributed by atoms with Crippen molar-refractivity contribution in [2.45, 2.75) is 19.9 Å². The number of aromatic amines is 1. The third-order valence-electron chi connectivity index (χ3n) is 4.38. The lowest BCUT2D eigenvalue weighted by Gasteiger charge is -2.24. The fourth-order valence-electron chi connectivity index (χ4n) is 3.04. The summed E-state index contributed by atoms with van der Waals surface area (Å²) in [4.78, 5) is 41.6. The van der Waals surface area contributed by atoms with Gasteiger partial charge in [0.1, 0.15) is 5.82 Å². The number of carbonyl (C=O) groups excluding carboxylic acids is 1. The Morgan fingerprint density at radius 1 is 1.04 bits per heavy atom. The number of aromatic nitrogens is 2. The van der Waals surface area contributed by atoms with Gasteiger partial charge in [-0.25, -0.2) is 4.79 Å². The fraction of sp³-hybridized carbons (Fsp3) is 0.190. The number of amides is 1. The first kappa shape index (κ1) is 19.2. The molecule has 0 aliphatic heterocycles. The van der Waals surface area contributed by atoms with E-state index >= 15 is 0 Å². The maximum atomic E-state index is 13.0. The lowest BCUT2D eigenvalue weighted by Crippen LogP contribution is -2.41. The summed E-state index contributed by atoms with van der Waals surface area (Å²) >= 11 is 0. The molecule has 28 heavy (non-hydrogen) atoms. The molecule has 3 aromatic rings. The summed E-state index contributed by atoms with van der Waals surface area (Å²) < 4.78 is 1.27. The van der Waals surface area contributed by atoms with E-state index in [9.17, 15) is 14.4 Å². The average molecular weight is 378 g/mol. The van der Waals surface area contributed by atoms with E-state index in [1.165, 1.54) is 9.47 Å². The summed E-state index contributed by atoms with van der Waals surface area (Å²) in [5.74, 6) is -0.375. The summed E-state index contributed by atoms with van der Waals surface area (Å²) in [7, 11) is 0. The molecule has 0 fully saturated rings. The number of carbonyl (C=O) groups is 1. The van der Waals surface area contributed by atoms with Crippen LogP contribution in [0, 0.1) is 0 Å². The first-order chi connectivity index (χ1) is 13.5. The summed E-state index contributed by atoms with van der Waals surface area (Å²) in [6, 6.07) is 18.0. The van der Waals surface area contributed by atoms with E-state index in [1.54, 1.807) is 24.3 Å². The van der Waals surface area contributed by atoms with Gasteiger partial charge in [-0.3, -0.25) is 19.1 Å². The van der Waals surface area contributed by atoms with Crippen LogP contribution in [0.25, 0.3) is 0 Å². The molecular weight excluding hydrogens is 356 g/mol. The molecule has 0 atom stereocenters. The van der Waals surface area contributed by atoms with Crippen LogP contribution in [-0.2, 0) is 6.54 Å². The molecule has 2 aromatic carbocycles. The van der Waals surface area contributed by atoms with Gasteiger partial charge in [0.15, 0.2) is 5.69 Å². The third-order valence-corrected chi connectivity index (χ3v) is 4.38. The molecule has 0 saturated carbocycles. The van der Waals surface area contributed by atoms with Crippen molar-refractivity contribution in [2.24, 2.45) is 0 Å². The second-order valence-corrected chi connectivity index (χ2v) is 6.39. The molecule has 144 valence electrons. The Morgan fingerprint density at radius 3 is 2.25 bits per heavy atom. The molecule has 3 rings (SSSR count). The fourth-order valence-corrected chi connectivity index (χ4v) is 3.04. The normalized spacial score (nSPS) is 10.6. The van der Waals surface area contributed by atoms with Crippen LogP contribution in [0.15, 0.2) is 70.3 Å². The van der Waals surface area contributed by atoms with E-state index < -0.39 is 11.2 Å². The highest BCUT2D eigenvalue weighted by atomic mass is 16.2. The Labute approximate surface area is 162 Å². The molecule has 3 N–H and O–H groups in total. The van der Waals surface area contributed by atoms with E-state index in [4.69, 9.17) is 5.73 Å². The van der Waals surface area contributed by atoms with Gasteiger partial charge < -0.3 is 10.6 Å². The number of benzene rings is 2. The molecule has 0 saturated heterocycles. The van der Waals surface area contributed by atoms with Gasteiger partial charge >= 0.3 is 5.69 Å². The highest BCUT2D eigenvalue weighted by Gasteiger charge is 2.24. The molecule has 0 radical (unpaired) electrons. The minimum atomic E-state index is -0.676. The van der Waals surface area contributed by atoms with E-state index in [2.05, 4.69) is 4.98 Å². The minimum absolute atomic E-state index is 0.00812. The van der Waals surface area contributed by atoms with Crippen LogP contribution >= 0.6 is 0 Å². The van der Waals surface area contributed by atoms with Gasteiger partial charge in [0.05, 0.1) is 6.54 Å².